The highest BCUT2D eigenvalue weighted by Crippen LogP contribution is 2.29. The van der Waals surface area contributed by atoms with Crippen molar-refractivity contribution in [1.29, 1.82) is 0 Å². The van der Waals surface area contributed by atoms with E-state index in [-0.39, 0.29) is 23.9 Å². The Morgan fingerprint density at radius 1 is 0.640 bits per heavy atom. The second-order valence-electron chi connectivity index (χ2n) is 12.5. The SMILES string of the molecule is O=C(O)c1cn(Cc2ccccc2Cn2cc(C(=O)O)c(=O)c3cc(F)c(N4CCNCC4)cc32)c2cc(N3CCNCC3)c(F)cc2c1=O. The van der Waals surface area contributed by atoms with Gasteiger partial charge in [0.05, 0.1) is 22.4 Å². The predicted octanol–water partition coefficient (Wildman–Crippen LogP) is 2.91. The molecule has 5 aromatic rings. The summed E-state index contributed by atoms with van der Waals surface area (Å²) in [5.74, 6) is -4.14. The largest absolute Gasteiger partial charge is 0.477 e. The molecule has 0 saturated carbocycles. The van der Waals surface area contributed by atoms with Gasteiger partial charge in [0, 0.05) is 88.6 Å². The Morgan fingerprint density at radius 2 is 1.02 bits per heavy atom. The van der Waals surface area contributed by atoms with E-state index in [1.54, 1.807) is 33.4 Å². The van der Waals surface area contributed by atoms with E-state index in [1.807, 2.05) is 21.9 Å². The van der Waals surface area contributed by atoms with Gasteiger partial charge in [-0.1, -0.05) is 24.3 Å². The Bertz CT molecular complexity index is 2130. The van der Waals surface area contributed by atoms with Crippen molar-refractivity contribution < 1.29 is 28.6 Å². The van der Waals surface area contributed by atoms with E-state index in [0.717, 1.165) is 12.1 Å². The Kier molecular flexibility index (Phi) is 8.80. The van der Waals surface area contributed by atoms with Crippen molar-refractivity contribution in [2.45, 2.75) is 13.1 Å². The summed E-state index contributed by atoms with van der Waals surface area (Å²) in [6.45, 7) is 4.97. The fourth-order valence-corrected chi connectivity index (χ4v) is 6.89. The molecule has 0 bridgehead atoms. The first-order valence-electron chi connectivity index (χ1n) is 16.3. The molecule has 50 heavy (non-hydrogen) atoms. The molecule has 2 aliphatic rings. The van der Waals surface area contributed by atoms with Crippen LogP contribution in [0.3, 0.4) is 0 Å². The number of carbonyl (C=O) groups is 2. The summed E-state index contributed by atoms with van der Waals surface area (Å²) in [6.07, 6.45) is 2.51. The summed E-state index contributed by atoms with van der Waals surface area (Å²) in [7, 11) is 0. The maximum atomic E-state index is 15.4. The van der Waals surface area contributed by atoms with Crippen molar-refractivity contribution >= 4 is 45.1 Å². The summed E-state index contributed by atoms with van der Waals surface area (Å²) in [5.41, 5.74) is 0.0747. The van der Waals surface area contributed by atoms with Gasteiger partial charge in [-0.25, -0.2) is 18.4 Å². The molecule has 3 aromatic carbocycles. The van der Waals surface area contributed by atoms with Crippen molar-refractivity contribution in [1.82, 2.24) is 19.8 Å². The van der Waals surface area contributed by atoms with Crippen LogP contribution in [0.1, 0.15) is 31.8 Å². The van der Waals surface area contributed by atoms with Gasteiger partial charge >= 0.3 is 11.9 Å². The van der Waals surface area contributed by atoms with Crippen LogP contribution >= 0.6 is 0 Å². The monoisotopic (exact) mass is 684 g/mol. The third-order valence-corrected chi connectivity index (χ3v) is 9.47. The van der Waals surface area contributed by atoms with E-state index >= 15 is 8.78 Å². The average Bonchev–Trinajstić information content (AvgIpc) is 3.11. The smallest absolute Gasteiger partial charge is 0.341 e. The molecule has 12 nitrogen and oxygen atoms in total. The molecular weight excluding hydrogens is 650 g/mol. The average molecular weight is 685 g/mol. The molecule has 4 heterocycles. The molecule has 2 saturated heterocycles. The topological polar surface area (TPSA) is 149 Å². The summed E-state index contributed by atoms with van der Waals surface area (Å²) >= 11 is 0. The number of fused-ring (bicyclic) bond motifs is 2. The van der Waals surface area contributed by atoms with E-state index in [2.05, 4.69) is 10.6 Å². The highest BCUT2D eigenvalue weighted by molar-refractivity contribution is 5.94. The Morgan fingerprint density at radius 3 is 1.38 bits per heavy atom. The quantitative estimate of drug-likeness (QED) is 0.192. The number of aromatic nitrogens is 2. The molecule has 0 spiro atoms. The maximum Gasteiger partial charge on any atom is 0.341 e. The van der Waals surface area contributed by atoms with Gasteiger partial charge in [-0.3, -0.25) is 9.59 Å². The molecule has 0 atom stereocenters. The van der Waals surface area contributed by atoms with Gasteiger partial charge < -0.3 is 39.8 Å². The van der Waals surface area contributed by atoms with Gasteiger partial charge in [0.2, 0.25) is 10.9 Å². The summed E-state index contributed by atoms with van der Waals surface area (Å²) in [5, 5.41) is 26.1. The molecular formula is C36H34F2N6O6. The zero-order valence-electron chi connectivity index (χ0n) is 26.9. The maximum absolute atomic E-state index is 15.4. The minimum atomic E-state index is -1.45. The van der Waals surface area contributed by atoms with E-state index in [4.69, 9.17) is 0 Å². The van der Waals surface area contributed by atoms with Gasteiger partial charge in [0.15, 0.2) is 0 Å². The third kappa shape index (κ3) is 6.07. The number of carboxylic acids is 2. The number of anilines is 2. The van der Waals surface area contributed by atoms with Crippen LogP contribution in [-0.4, -0.2) is 83.6 Å². The van der Waals surface area contributed by atoms with Crippen LogP contribution in [0.25, 0.3) is 21.8 Å². The first-order valence-corrected chi connectivity index (χ1v) is 16.3. The number of carboxylic acid groups (broad SMARTS) is 2. The van der Waals surface area contributed by atoms with Crippen LogP contribution in [0, 0.1) is 11.6 Å². The minimum absolute atomic E-state index is 0.0706. The second kappa shape index (κ2) is 13.4. The minimum Gasteiger partial charge on any atom is -0.477 e. The van der Waals surface area contributed by atoms with Crippen molar-refractivity contribution in [2.75, 3.05) is 62.2 Å². The lowest BCUT2D eigenvalue weighted by molar-refractivity contribution is 0.0684. The van der Waals surface area contributed by atoms with E-state index in [0.29, 0.717) is 85.9 Å². The molecule has 0 radical (unpaired) electrons. The van der Waals surface area contributed by atoms with Gasteiger partial charge in [0.1, 0.15) is 22.8 Å². The van der Waals surface area contributed by atoms with Gasteiger partial charge in [0.25, 0.3) is 0 Å². The first kappa shape index (κ1) is 32.9. The van der Waals surface area contributed by atoms with Gasteiger partial charge in [-0.15, -0.1) is 0 Å². The Labute approximate surface area is 283 Å². The number of benzene rings is 3. The molecule has 4 N–H and O–H groups in total. The number of hydrogen-bond donors (Lipinski definition) is 4. The van der Waals surface area contributed by atoms with Gasteiger partial charge in [-0.2, -0.15) is 0 Å². The molecule has 14 heteroatoms. The van der Waals surface area contributed by atoms with Gasteiger partial charge in [-0.05, 0) is 35.4 Å². The summed E-state index contributed by atoms with van der Waals surface area (Å²) in [6, 6.07) is 12.6. The number of nitrogens with zero attached hydrogens (tertiary/aromatic N) is 4. The molecule has 2 aromatic heterocycles. The van der Waals surface area contributed by atoms with Crippen LogP contribution in [0.2, 0.25) is 0 Å². The van der Waals surface area contributed by atoms with E-state index < -0.39 is 45.6 Å². The number of hydrogen-bond acceptors (Lipinski definition) is 8. The number of piperazine rings is 2. The number of pyridine rings is 2. The number of halogens is 2. The lowest BCUT2D eigenvalue weighted by Gasteiger charge is -2.30. The van der Waals surface area contributed by atoms with Crippen molar-refractivity contribution in [2.24, 2.45) is 0 Å². The Balaban J connectivity index is 1.35. The lowest BCUT2D eigenvalue weighted by Crippen LogP contribution is -2.43. The first-order chi connectivity index (χ1) is 24.1. The molecule has 0 amide bonds. The van der Waals surface area contributed by atoms with E-state index in [9.17, 15) is 29.4 Å². The Hall–Kier alpha value is -5.60. The molecule has 0 aliphatic carbocycles. The van der Waals surface area contributed by atoms with E-state index in [1.165, 1.54) is 12.4 Å². The zero-order chi connectivity index (χ0) is 35.1. The third-order valence-electron chi connectivity index (χ3n) is 9.47. The number of aromatic carboxylic acids is 2. The number of rotatable bonds is 8. The lowest BCUT2D eigenvalue weighted by atomic mass is 10.0. The van der Waals surface area contributed by atoms with Crippen molar-refractivity contribution in [3.05, 3.63) is 115 Å². The molecule has 7 rings (SSSR count). The molecule has 0 unspecified atom stereocenters. The van der Waals surface area contributed by atoms with Crippen molar-refractivity contribution in [3.8, 4) is 0 Å². The fourth-order valence-electron chi connectivity index (χ4n) is 6.89. The molecule has 2 fully saturated rings. The summed E-state index contributed by atoms with van der Waals surface area (Å²) in [4.78, 5) is 54.5. The molecule has 2 aliphatic heterocycles. The zero-order valence-corrected chi connectivity index (χ0v) is 26.9. The predicted molar refractivity (Wildman–Crippen MR) is 185 cm³/mol. The normalized spacial score (nSPS) is 15.2. The van der Waals surface area contributed by atoms with Crippen LogP contribution in [0.4, 0.5) is 20.2 Å². The van der Waals surface area contributed by atoms with Crippen LogP contribution in [0.15, 0.2) is 70.5 Å². The fraction of sp³-hybridized carbons (Fsp3) is 0.278. The number of nitrogens with one attached hydrogen (secondary N) is 2. The van der Waals surface area contributed by atoms with Crippen LogP contribution < -0.4 is 31.3 Å². The highest BCUT2D eigenvalue weighted by atomic mass is 19.1. The van der Waals surface area contributed by atoms with Crippen LogP contribution in [-0.2, 0) is 13.1 Å². The molecule has 258 valence electrons. The highest BCUT2D eigenvalue weighted by Gasteiger charge is 2.23. The second-order valence-corrected chi connectivity index (χ2v) is 12.5. The van der Waals surface area contributed by atoms with Crippen LogP contribution in [0.5, 0.6) is 0 Å². The standard InChI is InChI=1S/C36H34F2N6O6/c37-27-13-23-29(15-31(27)41-9-5-39-6-10-41)43(19-25(33(23)45)35(47)48)17-21-3-1-2-4-22(21)18-44-20-26(36(49)50)34(46)24-14-28(38)32(16-30(24)44)42-11-7-40-8-12-42/h1-4,13-16,19-20,39-40H,5-12,17-18H2,(H,47,48)(H,49,50). The van der Waals surface area contributed by atoms with Crippen molar-refractivity contribution in [3.63, 3.8) is 0 Å². The summed E-state index contributed by atoms with van der Waals surface area (Å²) < 4.78 is 34.1.